The molecule has 0 spiro atoms. The first kappa shape index (κ1) is 30.2. The van der Waals surface area contributed by atoms with Crippen molar-refractivity contribution in [1.82, 2.24) is 14.5 Å². The first-order valence-corrected chi connectivity index (χ1v) is 18.8. The second-order valence-electron chi connectivity index (χ2n) is 14.4. The van der Waals surface area contributed by atoms with Crippen molar-refractivity contribution in [3.63, 3.8) is 0 Å². The fourth-order valence-electron chi connectivity index (χ4n) is 9.14. The van der Waals surface area contributed by atoms with Crippen molar-refractivity contribution in [2.45, 2.75) is 5.92 Å². The summed E-state index contributed by atoms with van der Waals surface area (Å²) in [7, 11) is 0. The van der Waals surface area contributed by atoms with Crippen molar-refractivity contribution in [3.8, 4) is 39.5 Å². The largest absolute Gasteiger partial charge is 0.456 e. The number of rotatable bonds is 4. The van der Waals surface area contributed by atoms with Gasteiger partial charge in [0.05, 0.1) is 22.2 Å². The van der Waals surface area contributed by atoms with Gasteiger partial charge in [0.25, 0.3) is 0 Å². The first-order chi connectivity index (χ1) is 27.3. The van der Waals surface area contributed by atoms with E-state index >= 15 is 0 Å². The highest BCUT2D eigenvalue weighted by Gasteiger charge is 2.35. The van der Waals surface area contributed by atoms with E-state index in [1.165, 1.54) is 44.1 Å². The molecule has 256 valence electrons. The molecule has 0 fully saturated rings. The van der Waals surface area contributed by atoms with Gasteiger partial charge in [0.1, 0.15) is 11.2 Å². The Labute approximate surface area is 316 Å². The lowest BCUT2D eigenvalue weighted by Crippen LogP contribution is -2.03. The number of fused-ring (bicyclic) bond motifs is 11. The molecular weight excluding hydrogens is 671 g/mol. The second-order valence-corrected chi connectivity index (χ2v) is 14.4. The molecule has 1 atom stereocenters. The summed E-state index contributed by atoms with van der Waals surface area (Å²) in [6.45, 7) is 0. The molecule has 1 unspecified atom stereocenters. The quantitative estimate of drug-likeness (QED) is 0.183. The van der Waals surface area contributed by atoms with E-state index in [0.717, 1.165) is 60.9 Å². The molecule has 8 aromatic carbocycles. The van der Waals surface area contributed by atoms with E-state index in [2.05, 4.69) is 168 Å². The molecule has 0 bridgehead atoms. The van der Waals surface area contributed by atoms with Crippen LogP contribution in [-0.4, -0.2) is 14.5 Å². The maximum absolute atomic E-state index is 7.01. The summed E-state index contributed by atoms with van der Waals surface area (Å²) < 4.78 is 9.47. The lowest BCUT2D eigenvalue weighted by molar-refractivity contribution is 0.662. The van der Waals surface area contributed by atoms with Crippen molar-refractivity contribution in [2.24, 2.45) is 0 Å². The zero-order valence-electron chi connectivity index (χ0n) is 29.6. The van der Waals surface area contributed by atoms with Crippen molar-refractivity contribution < 1.29 is 4.42 Å². The van der Waals surface area contributed by atoms with Crippen LogP contribution in [0.25, 0.3) is 94.1 Å². The standard InChI is InChI=1S/C51H31N3O/c1-3-14-31(15-4-1)48-41-21-9-11-24-43(41)52-51(53-48)32-26-27-36-40-22-13-23-42(50(40)55-45(36)30-32)46-37-20-8-7-18-34(37)38-28-29-39-35-19-10-12-25-44(35)54(49(39)47(38)46)33-16-5-2-6-17-33/h1-30,46H. The highest BCUT2D eigenvalue weighted by atomic mass is 16.3. The van der Waals surface area contributed by atoms with Crippen LogP contribution < -0.4 is 0 Å². The fraction of sp³-hybridized carbons (Fsp3) is 0.0196. The molecule has 0 saturated carbocycles. The number of furan rings is 1. The molecule has 4 nitrogen and oxygen atoms in total. The van der Waals surface area contributed by atoms with Gasteiger partial charge in [-0.05, 0) is 58.7 Å². The van der Waals surface area contributed by atoms with E-state index < -0.39 is 0 Å². The first-order valence-electron chi connectivity index (χ1n) is 18.8. The molecule has 11 aromatic rings. The Morgan fingerprint density at radius 3 is 2.07 bits per heavy atom. The van der Waals surface area contributed by atoms with Crippen molar-refractivity contribution in [1.29, 1.82) is 0 Å². The Balaban J connectivity index is 1.09. The van der Waals surface area contributed by atoms with E-state index in [4.69, 9.17) is 14.4 Å². The number of nitrogens with zero attached hydrogens (tertiary/aromatic N) is 3. The molecule has 55 heavy (non-hydrogen) atoms. The van der Waals surface area contributed by atoms with Crippen LogP contribution in [0.3, 0.4) is 0 Å². The summed E-state index contributed by atoms with van der Waals surface area (Å²) in [6.07, 6.45) is 0. The summed E-state index contributed by atoms with van der Waals surface area (Å²) in [5.74, 6) is 0.637. The van der Waals surface area contributed by atoms with E-state index in [1.807, 2.05) is 18.2 Å². The van der Waals surface area contributed by atoms with E-state index in [0.29, 0.717) is 5.82 Å². The van der Waals surface area contributed by atoms with Gasteiger partial charge in [0.15, 0.2) is 5.82 Å². The molecule has 1 aliphatic carbocycles. The third-order valence-electron chi connectivity index (χ3n) is 11.5. The molecule has 0 N–H and O–H groups in total. The summed E-state index contributed by atoms with van der Waals surface area (Å²) in [5.41, 5.74) is 15.4. The van der Waals surface area contributed by atoms with Crippen molar-refractivity contribution in [2.75, 3.05) is 0 Å². The van der Waals surface area contributed by atoms with Crippen LogP contribution in [0.2, 0.25) is 0 Å². The number of para-hydroxylation sites is 4. The van der Waals surface area contributed by atoms with Crippen molar-refractivity contribution >= 4 is 54.6 Å². The maximum Gasteiger partial charge on any atom is 0.160 e. The van der Waals surface area contributed by atoms with Gasteiger partial charge in [-0.25, -0.2) is 9.97 Å². The van der Waals surface area contributed by atoms with E-state index in [9.17, 15) is 0 Å². The third kappa shape index (κ3) is 4.40. The molecule has 3 aromatic heterocycles. The van der Waals surface area contributed by atoms with Crippen LogP contribution in [0, 0.1) is 0 Å². The van der Waals surface area contributed by atoms with Gasteiger partial charge in [-0.1, -0.05) is 146 Å². The number of hydrogen-bond acceptors (Lipinski definition) is 3. The van der Waals surface area contributed by atoms with Gasteiger partial charge in [0.2, 0.25) is 0 Å². The Hall–Kier alpha value is -7.30. The summed E-state index contributed by atoms with van der Waals surface area (Å²) in [5, 5.41) is 5.71. The van der Waals surface area contributed by atoms with Crippen LogP contribution in [0.5, 0.6) is 0 Å². The van der Waals surface area contributed by atoms with Crippen LogP contribution in [0.1, 0.15) is 22.6 Å². The molecule has 0 radical (unpaired) electrons. The zero-order chi connectivity index (χ0) is 36.0. The number of benzene rings is 8. The SMILES string of the molecule is c1ccc(-c2nc(-c3ccc4c(c3)oc3c(C5c6ccccc6-c6ccc7c8ccccc8n(-c8ccccc8)c7c65)cccc34)nc3ccccc23)cc1. The van der Waals surface area contributed by atoms with Gasteiger partial charge in [-0.3, -0.25) is 0 Å². The number of aromatic nitrogens is 3. The van der Waals surface area contributed by atoms with Gasteiger partial charge >= 0.3 is 0 Å². The highest BCUT2D eigenvalue weighted by Crippen LogP contribution is 2.54. The summed E-state index contributed by atoms with van der Waals surface area (Å²) in [4.78, 5) is 10.2. The van der Waals surface area contributed by atoms with Crippen LogP contribution >= 0.6 is 0 Å². The van der Waals surface area contributed by atoms with E-state index in [-0.39, 0.29) is 5.92 Å². The molecule has 0 amide bonds. The Morgan fingerprint density at radius 2 is 1.18 bits per heavy atom. The maximum atomic E-state index is 7.01. The fourth-order valence-corrected chi connectivity index (χ4v) is 9.14. The average Bonchev–Trinajstić information content (AvgIpc) is 3.91. The summed E-state index contributed by atoms with van der Waals surface area (Å²) in [6, 6.07) is 64.7. The van der Waals surface area contributed by atoms with Crippen LogP contribution in [-0.2, 0) is 0 Å². The Morgan fingerprint density at radius 1 is 0.473 bits per heavy atom. The van der Waals surface area contributed by atoms with Crippen molar-refractivity contribution in [3.05, 3.63) is 199 Å². The lowest BCUT2D eigenvalue weighted by atomic mass is 9.87. The topological polar surface area (TPSA) is 43.9 Å². The molecule has 3 heterocycles. The van der Waals surface area contributed by atoms with Gasteiger partial charge in [-0.15, -0.1) is 0 Å². The van der Waals surface area contributed by atoms with Gasteiger partial charge in [0, 0.05) is 55.2 Å². The van der Waals surface area contributed by atoms with E-state index in [1.54, 1.807) is 0 Å². The monoisotopic (exact) mass is 701 g/mol. The number of hydrogen-bond donors (Lipinski definition) is 0. The molecule has 12 rings (SSSR count). The smallest absolute Gasteiger partial charge is 0.160 e. The molecule has 0 saturated heterocycles. The minimum Gasteiger partial charge on any atom is -0.456 e. The van der Waals surface area contributed by atoms with Gasteiger partial charge in [-0.2, -0.15) is 0 Å². The zero-order valence-corrected chi connectivity index (χ0v) is 29.6. The molecular formula is C51H31N3O. The minimum absolute atomic E-state index is 0.0392. The Bertz CT molecular complexity index is 3320. The second kappa shape index (κ2) is 11.6. The predicted molar refractivity (Wildman–Crippen MR) is 225 cm³/mol. The summed E-state index contributed by atoms with van der Waals surface area (Å²) >= 11 is 0. The van der Waals surface area contributed by atoms with Crippen LogP contribution in [0.4, 0.5) is 0 Å². The lowest BCUT2D eigenvalue weighted by Gasteiger charge is -2.18. The molecule has 0 aliphatic heterocycles. The Kier molecular flexibility index (Phi) is 6.37. The molecule has 4 heteroatoms. The van der Waals surface area contributed by atoms with Crippen LogP contribution in [0.15, 0.2) is 186 Å². The minimum atomic E-state index is -0.0392. The third-order valence-corrected chi connectivity index (χ3v) is 11.5. The highest BCUT2D eigenvalue weighted by molar-refractivity contribution is 6.14. The normalized spacial score (nSPS) is 13.6. The average molecular weight is 702 g/mol. The molecule has 1 aliphatic rings. The van der Waals surface area contributed by atoms with Gasteiger partial charge < -0.3 is 8.98 Å². The predicted octanol–water partition coefficient (Wildman–Crippen LogP) is 13.1.